The van der Waals surface area contributed by atoms with E-state index in [0.717, 1.165) is 54.0 Å². The standard InChI is InChI=1S/C20H21ClN4O2/c21-18-2-1-3-19(24-10-12-27-13-11-24)17(18)14-22-15-4-6-16(7-5-15)25-9-8-20(26)23-25/h1-9,22H,10-14H2,(H,23,26). The fourth-order valence-corrected chi connectivity index (χ4v) is 3.48. The number of ether oxygens (including phenoxy) is 1. The lowest BCUT2D eigenvalue weighted by Crippen LogP contribution is -2.37. The highest BCUT2D eigenvalue weighted by Gasteiger charge is 2.16. The summed E-state index contributed by atoms with van der Waals surface area (Å²) in [5.41, 5.74) is 4.00. The maximum Gasteiger partial charge on any atom is 0.264 e. The largest absolute Gasteiger partial charge is 0.381 e. The number of hydrogen-bond donors (Lipinski definition) is 2. The van der Waals surface area contributed by atoms with Gasteiger partial charge in [0.15, 0.2) is 0 Å². The van der Waals surface area contributed by atoms with Crippen LogP contribution in [0.3, 0.4) is 0 Å². The molecule has 1 aliphatic heterocycles. The molecule has 3 aromatic rings. The van der Waals surface area contributed by atoms with Crippen LogP contribution in [0, 0.1) is 0 Å². The molecule has 6 nitrogen and oxygen atoms in total. The molecule has 1 aliphatic rings. The zero-order valence-electron chi connectivity index (χ0n) is 14.8. The summed E-state index contributed by atoms with van der Waals surface area (Å²) in [7, 11) is 0. The summed E-state index contributed by atoms with van der Waals surface area (Å²) >= 11 is 6.49. The van der Waals surface area contributed by atoms with Gasteiger partial charge in [-0.25, -0.2) is 0 Å². The molecule has 27 heavy (non-hydrogen) atoms. The fraction of sp³-hybridized carbons (Fsp3) is 0.250. The molecule has 1 saturated heterocycles. The smallest absolute Gasteiger partial charge is 0.264 e. The predicted octanol–water partition coefficient (Wildman–Crippen LogP) is 3.27. The zero-order chi connectivity index (χ0) is 18.6. The third kappa shape index (κ3) is 4.02. The summed E-state index contributed by atoms with van der Waals surface area (Å²) in [5.74, 6) is 0. The SMILES string of the molecule is O=c1ccn(-c2ccc(NCc3c(Cl)cccc3N3CCOCC3)cc2)[nH]1. The van der Waals surface area contributed by atoms with Gasteiger partial charge in [-0.3, -0.25) is 14.6 Å². The van der Waals surface area contributed by atoms with Crippen LogP contribution in [0.2, 0.25) is 5.02 Å². The van der Waals surface area contributed by atoms with Gasteiger partial charge in [-0.2, -0.15) is 0 Å². The molecule has 0 unspecified atom stereocenters. The Bertz CT molecular complexity index is 959. The number of nitrogens with one attached hydrogen (secondary N) is 2. The number of rotatable bonds is 5. The molecule has 4 rings (SSSR count). The van der Waals surface area contributed by atoms with Gasteiger partial charge >= 0.3 is 0 Å². The van der Waals surface area contributed by atoms with Crippen molar-refractivity contribution < 1.29 is 4.74 Å². The van der Waals surface area contributed by atoms with E-state index in [9.17, 15) is 4.79 Å². The maximum atomic E-state index is 11.3. The lowest BCUT2D eigenvalue weighted by atomic mass is 10.1. The molecule has 1 fully saturated rings. The van der Waals surface area contributed by atoms with Gasteiger partial charge in [0.25, 0.3) is 5.56 Å². The number of aromatic nitrogens is 2. The van der Waals surface area contributed by atoms with E-state index in [0.29, 0.717) is 6.54 Å². The van der Waals surface area contributed by atoms with Gasteiger partial charge in [-0.05, 0) is 36.4 Å². The number of anilines is 2. The number of hydrogen-bond acceptors (Lipinski definition) is 4. The van der Waals surface area contributed by atoms with Crippen molar-refractivity contribution in [1.82, 2.24) is 9.78 Å². The van der Waals surface area contributed by atoms with Gasteiger partial charge in [-0.1, -0.05) is 17.7 Å². The number of nitrogens with zero attached hydrogens (tertiary/aromatic N) is 2. The molecule has 0 saturated carbocycles. The highest BCUT2D eigenvalue weighted by Crippen LogP contribution is 2.29. The first kappa shape index (κ1) is 17.7. The van der Waals surface area contributed by atoms with E-state index in [1.54, 1.807) is 10.9 Å². The Morgan fingerprint density at radius 3 is 2.56 bits per heavy atom. The quantitative estimate of drug-likeness (QED) is 0.708. The van der Waals surface area contributed by atoms with Crippen molar-refractivity contribution >= 4 is 23.0 Å². The molecule has 2 N–H and O–H groups in total. The molecule has 140 valence electrons. The average molecular weight is 385 g/mol. The molecule has 0 atom stereocenters. The summed E-state index contributed by atoms with van der Waals surface area (Å²) in [6.45, 7) is 3.85. The van der Waals surface area contributed by atoms with Crippen LogP contribution in [0.25, 0.3) is 5.69 Å². The lowest BCUT2D eigenvalue weighted by molar-refractivity contribution is 0.122. The first-order chi connectivity index (χ1) is 13.2. The molecule has 0 bridgehead atoms. The minimum Gasteiger partial charge on any atom is -0.381 e. The van der Waals surface area contributed by atoms with Crippen LogP contribution in [-0.4, -0.2) is 36.1 Å². The molecular weight excluding hydrogens is 364 g/mol. The Kier molecular flexibility index (Phi) is 5.18. The topological polar surface area (TPSA) is 62.3 Å². The van der Waals surface area contributed by atoms with Crippen LogP contribution >= 0.6 is 11.6 Å². The third-order valence-corrected chi connectivity index (χ3v) is 5.02. The van der Waals surface area contributed by atoms with E-state index in [-0.39, 0.29) is 5.56 Å². The normalized spacial score (nSPS) is 14.3. The van der Waals surface area contributed by atoms with Gasteiger partial charge < -0.3 is 15.0 Å². The molecule has 7 heteroatoms. The van der Waals surface area contributed by atoms with Crippen LogP contribution in [0.15, 0.2) is 59.5 Å². The second-order valence-electron chi connectivity index (χ2n) is 6.40. The molecule has 0 spiro atoms. The van der Waals surface area contributed by atoms with Crippen molar-refractivity contribution in [3.05, 3.63) is 75.7 Å². The van der Waals surface area contributed by atoms with Crippen molar-refractivity contribution in [2.24, 2.45) is 0 Å². The average Bonchev–Trinajstić information content (AvgIpc) is 3.14. The molecule has 2 heterocycles. The zero-order valence-corrected chi connectivity index (χ0v) is 15.6. The first-order valence-electron chi connectivity index (χ1n) is 8.93. The summed E-state index contributed by atoms with van der Waals surface area (Å²) < 4.78 is 7.15. The Balaban J connectivity index is 1.49. The van der Waals surface area contributed by atoms with Crippen molar-refractivity contribution in [2.45, 2.75) is 6.54 Å². The third-order valence-electron chi connectivity index (χ3n) is 4.67. The van der Waals surface area contributed by atoms with Gasteiger partial charge in [0.2, 0.25) is 0 Å². The number of benzene rings is 2. The highest BCUT2D eigenvalue weighted by molar-refractivity contribution is 6.31. The number of H-pyrrole nitrogens is 1. The van der Waals surface area contributed by atoms with Crippen LogP contribution in [-0.2, 0) is 11.3 Å². The Hall–Kier alpha value is -2.70. The van der Waals surface area contributed by atoms with Gasteiger partial charge in [0.1, 0.15) is 0 Å². The maximum absolute atomic E-state index is 11.3. The molecular formula is C20H21ClN4O2. The summed E-state index contributed by atoms with van der Waals surface area (Å²) in [6, 6.07) is 15.4. The van der Waals surface area contributed by atoms with E-state index < -0.39 is 0 Å². The molecule has 0 aliphatic carbocycles. The molecule has 0 radical (unpaired) electrons. The van der Waals surface area contributed by atoms with E-state index >= 15 is 0 Å². The van der Waals surface area contributed by atoms with Crippen LogP contribution in [0.1, 0.15) is 5.56 Å². The van der Waals surface area contributed by atoms with Crippen LogP contribution in [0.5, 0.6) is 0 Å². The second-order valence-corrected chi connectivity index (χ2v) is 6.81. The van der Waals surface area contributed by atoms with E-state index in [1.807, 2.05) is 36.4 Å². The van der Waals surface area contributed by atoms with E-state index in [2.05, 4.69) is 21.4 Å². The first-order valence-corrected chi connectivity index (χ1v) is 9.30. The molecule has 0 amide bonds. The van der Waals surface area contributed by atoms with Crippen LogP contribution in [0.4, 0.5) is 11.4 Å². The van der Waals surface area contributed by atoms with Crippen molar-refractivity contribution in [1.29, 1.82) is 0 Å². The summed E-state index contributed by atoms with van der Waals surface area (Å²) in [4.78, 5) is 13.6. The Morgan fingerprint density at radius 2 is 1.85 bits per heavy atom. The van der Waals surface area contributed by atoms with Crippen molar-refractivity contribution in [3.8, 4) is 5.69 Å². The number of morpholine rings is 1. The molecule has 1 aromatic heterocycles. The number of halogens is 1. The van der Waals surface area contributed by atoms with Crippen molar-refractivity contribution in [2.75, 3.05) is 36.5 Å². The Labute approximate surface area is 162 Å². The van der Waals surface area contributed by atoms with Gasteiger partial charge in [-0.15, -0.1) is 0 Å². The lowest BCUT2D eigenvalue weighted by Gasteiger charge is -2.31. The van der Waals surface area contributed by atoms with E-state index in [1.165, 1.54) is 6.07 Å². The van der Waals surface area contributed by atoms with Gasteiger partial charge in [0, 0.05) is 53.9 Å². The fourth-order valence-electron chi connectivity index (χ4n) is 3.24. The van der Waals surface area contributed by atoms with Crippen LogP contribution < -0.4 is 15.8 Å². The summed E-state index contributed by atoms with van der Waals surface area (Å²) in [5, 5.41) is 6.93. The Morgan fingerprint density at radius 1 is 1.07 bits per heavy atom. The number of aromatic amines is 1. The van der Waals surface area contributed by atoms with E-state index in [4.69, 9.17) is 16.3 Å². The minimum atomic E-state index is -0.119. The molecule has 2 aromatic carbocycles. The minimum absolute atomic E-state index is 0.119. The van der Waals surface area contributed by atoms with Gasteiger partial charge in [0.05, 0.1) is 18.9 Å². The van der Waals surface area contributed by atoms with Crippen molar-refractivity contribution in [3.63, 3.8) is 0 Å². The summed E-state index contributed by atoms with van der Waals surface area (Å²) in [6.07, 6.45) is 1.71. The second kappa shape index (κ2) is 7.90. The predicted molar refractivity (Wildman–Crippen MR) is 108 cm³/mol. The highest BCUT2D eigenvalue weighted by atomic mass is 35.5. The monoisotopic (exact) mass is 384 g/mol.